The van der Waals surface area contributed by atoms with Crippen molar-refractivity contribution in [3.05, 3.63) is 58.1 Å². The molecule has 1 atom stereocenters. The average Bonchev–Trinajstić information content (AvgIpc) is 2.73. The van der Waals surface area contributed by atoms with E-state index >= 15 is 0 Å². The Morgan fingerprint density at radius 3 is 2.70 bits per heavy atom. The van der Waals surface area contributed by atoms with E-state index in [4.69, 9.17) is 4.74 Å². The molecule has 0 bridgehead atoms. The topological polar surface area (TPSA) is 119 Å². The Labute approximate surface area is 174 Å². The van der Waals surface area contributed by atoms with E-state index in [0.29, 0.717) is 13.1 Å². The second-order valence-electron chi connectivity index (χ2n) is 7.23. The number of non-ortho nitro benzene ring substituents is 1. The maximum absolute atomic E-state index is 13.0. The summed E-state index contributed by atoms with van der Waals surface area (Å²) in [5.74, 6) is -0.0702. The smallest absolute Gasteiger partial charge is 0.271 e. The van der Waals surface area contributed by atoms with Gasteiger partial charge in [-0.1, -0.05) is 13.0 Å². The highest BCUT2D eigenvalue weighted by Gasteiger charge is 2.29. The number of rotatable bonds is 6. The van der Waals surface area contributed by atoms with Gasteiger partial charge in [0.1, 0.15) is 5.75 Å². The third-order valence-electron chi connectivity index (χ3n) is 5.00. The molecule has 10 heteroatoms. The van der Waals surface area contributed by atoms with Crippen LogP contribution in [0.4, 0.5) is 11.4 Å². The van der Waals surface area contributed by atoms with E-state index < -0.39 is 20.9 Å². The lowest BCUT2D eigenvalue weighted by atomic mass is 10.0. The van der Waals surface area contributed by atoms with Crippen LogP contribution in [0.5, 0.6) is 5.75 Å². The molecule has 0 aromatic heterocycles. The molecule has 1 saturated heterocycles. The van der Waals surface area contributed by atoms with Gasteiger partial charge >= 0.3 is 0 Å². The third-order valence-corrected chi connectivity index (χ3v) is 6.86. The molecular formula is C20H23N3O6S. The molecule has 3 rings (SSSR count). The summed E-state index contributed by atoms with van der Waals surface area (Å²) in [5.41, 5.74) is 0.0335. The van der Waals surface area contributed by atoms with E-state index in [2.05, 4.69) is 5.32 Å². The van der Waals surface area contributed by atoms with Gasteiger partial charge in [0.15, 0.2) is 0 Å². The number of piperidine rings is 1. The van der Waals surface area contributed by atoms with E-state index in [9.17, 15) is 23.3 Å². The van der Waals surface area contributed by atoms with Crippen LogP contribution in [0, 0.1) is 16.0 Å². The van der Waals surface area contributed by atoms with E-state index in [1.54, 1.807) is 0 Å². The monoisotopic (exact) mass is 433 g/mol. The zero-order chi connectivity index (χ0) is 21.9. The molecule has 1 aliphatic heterocycles. The predicted octanol–water partition coefficient (Wildman–Crippen LogP) is 3.28. The van der Waals surface area contributed by atoms with Crippen LogP contribution in [0.1, 0.15) is 30.1 Å². The number of carbonyl (C=O) groups is 1. The Morgan fingerprint density at radius 1 is 1.27 bits per heavy atom. The zero-order valence-electron chi connectivity index (χ0n) is 16.7. The number of carbonyl (C=O) groups excluding carboxylic acids is 1. The lowest BCUT2D eigenvalue weighted by Crippen LogP contribution is -2.39. The number of sulfonamides is 1. The quantitative estimate of drug-likeness (QED) is 0.552. The highest BCUT2D eigenvalue weighted by Crippen LogP contribution is 2.30. The molecule has 1 fully saturated rings. The lowest BCUT2D eigenvalue weighted by molar-refractivity contribution is -0.384. The molecule has 30 heavy (non-hydrogen) atoms. The number of methoxy groups -OCH3 is 1. The zero-order valence-corrected chi connectivity index (χ0v) is 17.5. The summed E-state index contributed by atoms with van der Waals surface area (Å²) in [6.07, 6.45) is 1.78. The van der Waals surface area contributed by atoms with E-state index in [1.807, 2.05) is 6.92 Å². The van der Waals surface area contributed by atoms with Crippen LogP contribution >= 0.6 is 0 Å². The first-order valence-electron chi connectivity index (χ1n) is 9.46. The van der Waals surface area contributed by atoms with Gasteiger partial charge in [-0.3, -0.25) is 14.9 Å². The lowest BCUT2D eigenvalue weighted by Gasteiger charge is -2.30. The molecule has 2 aromatic carbocycles. The standard InChI is InChI=1S/C20H23N3O6S/c1-14-5-4-10-22(13-14)30(27,28)17-7-3-6-15(11-17)20(24)21-18-12-16(23(25)26)8-9-19(18)29-2/h3,6-9,11-12,14H,4-5,10,13H2,1-2H3,(H,21,24)/t14-/m0/s1. The van der Waals surface area contributed by atoms with Crippen molar-refractivity contribution in [1.82, 2.24) is 4.31 Å². The van der Waals surface area contributed by atoms with Crippen molar-refractivity contribution in [2.24, 2.45) is 5.92 Å². The number of hydrogen-bond acceptors (Lipinski definition) is 6. The van der Waals surface area contributed by atoms with Gasteiger partial charge in [-0.05, 0) is 43.0 Å². The molecule has 1 amide bonds. The highest BCUT2D eigenvalue weighted by molar-refractivity contribution is 7.89. The Bertz CT molecular complexity index is 1070. The number of ether oxygens (including phenoxy) is 1. The maximum atomic E-state index is 13.0. The van der Waals surface area contributed by atoms with Gasteiger partial charge in [0, 0.05) is 30.8 Å². The molecule has 0 spiro atoms. The molecule has 0 aliphatic carbocycles. The van der Waals surface area contributed by atoms with E-state index in [1.165, 1.54) is 53.9 Å². The number of nitro benzene ring substituents is 1. The van der Waals surface area contributed by atoms with Gasteiger partial charge in [-0.15, -0.1) is 0 Å². The molecule has 0 unspecified atom stereocenters. The Morgan fingerprint density at radius 2 is 2.03 bits per heavy atom. The average molecular weight is 433 g/mol. The van der Waals surface area contributed by atoms with Gasteiger partial charge in [-0.25, -0.2) is 8.42 Å². The summed E-state index contributed by atoms with van der Waals surface area (Å²) < 4.78 is 32.6. The minimum Gasteiger partial charge on any atom is -0.495 e. The fraction of sp³-hybridized carbons (Fsp3) is 0.350. The first kappa shape index (κ1) is 21.7. The molecule has 2 aromatic rings. The molecule has 1 heterocycles. The van der Waals surface area contributed by atoms with Gasteiger partial charge in [-0.2, -0.15) is 4.31 Å². The second-order valence-corrected chi connectivity index (χ2v) is 9.17. The first-order chi connectivity index (χ1) is 14.2. The number of nitrogens with zero attached hydrogens (tertiary/aromatic N) is 2. The highest BCUT2D eigenvalue weighted by atomic mass is 32.2. The number of amides is 1. The van der Waals surface area contributed by atoms with Crippen LogP contribution in [0.25, 0.3) is 0 Å². The number of benzene rings is 2. The second kappa shape index (κ2) is 8.80. The van der Waals surface area contributed by atoms with E-state index in [0.717, 1.165) is 12.8 Å². The van der Waals surface area contributed by atoms with Gasteiger partial charge in [0.2, 0.25) is 10.0 Å². The number of nitro groups is 1. The molecule has 0 saturated carbocycles. The summed E-state index contributed by atoms with van der Waals surface area (Å²) in [7, 11) is -2.34. The fourth-order valence-corrected chi connectivity index (χ4v) is 5.06. The van der Waals surface area contributed by atoms with Crippen LogP contribution in [0.3, 0.4) is 0 Å². The number of anilines is 1. The van der Waals surface area contributed by atoms with Crippen molar-refractivity contribution in [3.8, 4) is 5.75 Å². The first-order valence-corrected chi connectivity index (χ1v) is 10.9. The van der Waals surface area contributed by atoms with Crippen molar-refractivity contribution < 1.29 is 22.9 Å². The van der Waals surface area contributed by atoms with Crippen molar-refractivity contribution >= 4 is 27.3 Å². The number of nitrogens with one attached hydrogen (secondary N) is 1. The predicted molar refractivity (Wildman–Crippen MR) is 111 cm³/mol. The summed E-state index contributed by atoms with van der Waals surface area (Å²) in [6, 6.07) is 9.59. The fourth-order valence-electron chi connectivity index (χ4n) is 3.41. The van der Waals surface area contributed by atoms with Crippen molar-refractivity contribution in [2.75, 3.05) is 25.5 Å². The van der Waals surface area contributed by atoms with Gasteiger partial charge in [0.25, 0.3) is 11.6 Å². The molecule has 160 valence electrons. The Kier molecular flexibility index (Phi) is 6.37. The molecule has 0 radical (unpaired) electrons. The summed E-state index contributed by atoms with van der Waals surface area (Å²) >= 11 is 0. The van der Waals surface area contributed by atoms with Crippen LogP contribution < -0.4 is 10.1 Å². The maximum Gasteiger partial charge on any atom is 0.271 e. The summed E-state index contributed by atoms with van der Waals surface area (Å²) in [4.78, 5) is 23.2. The van der Waals surface area contributed by atoms with Gasteiger partial charge < -0.3 is 10.1 Å². The SMILES string of the molecule is COc1ccc([N+](=O)[O-])cc1NC(=O)c1cccc(S(=O)(=O)N2CCC[C@H](C)C2)c1. The molecule has 9 nitrogen and oxygen atoms in total. The summed E-state index contributed by atoms with van der Waals surface area (Å²) in [5, 5.41) is 13.6. The molecule has 1 aliphatic rings. The third kappa shape index (κ3) is 4.60. The molecule has 1 N–H and O–H groups in total. The van der Waals surface area contributed by atoms with E-state index in [-0.39, 0.29) is 33.5 Å². The minimum absolute atomic E-state index is 0.0373. The van der Waals surface area contributed by atoms with Crippen molar-refractivity contribution in [1.29, 1.82) is 0 Å². The largest absolute Gasteiger partial charge is 0.495 e. The normalized spacial score (nSPS) is 17.3. The van der Waals surface area contributed by atoms with Crippen molar-refractivity contribution in [2.45, 2.75) is 24.7 Å². The van der Waals surface area contributed by atoms with Crippen LogP contribution in [-0.4, -0.2) is 43.8 Å². The Balaban J connectivity index is 1.87. The Hall–Kier alpha value is -2.98. The molecular weight excluding hydrogens is 410 g/mol. The van der Waals surface area contributed by atoms with Crippen LogP contribution in [0.15, 0.2) is 47.4 Å². The number of hydrogen-bond donors (Lipinski definition) is 1. The van der Waals surface area contributed by atoms with Gasteiger partial charge in [0.05, 0.1) is 22.6 Å². The van der Waals surface area contributed by atoms with Crippen LogP contribution in [-0.2, 0) is 10.0 Å². The van der Waals surface area contributed by atoms with Crippen LogP contribution in [0.2, 0.25) is 0 Å². The summed E-state index contributed by atoms with van der Waals surface area (Å²) in [6.45, 7) is 2.91. The van der Waals surface area contributed by atoms with Crippen molar-refractivity contribution in [3.63, 3.8) is 0 Å². The minimum atomic E-state index is -3.72.